The van der Waals surface area contributed by atoms with Gasteiger partial charge in [0.2, 0.25) is 5.91 Å². The zero-order chi connectivity index (χ0) is 33.1. The van der Waals surface area contributed by atoms with Crippen LogP contribution in [-0.4, -0.2) is 37.4 Å². The average molecular weight is 646 g/mol. The Hall–Kier alpha value is -5.20. The van der Waals surface area contributed by atoms with Crippen LogP contribution in [0.5, 0.6) is 0 Å². The SMILES string of the molecule is Cc1cc(C(=O)Nc2ccc(F)cc2C(F)(F)F)c2ccc(-c3ccc(C4CCC(CC(=O)NCc5nnn[nH]5)CC4)cc3)cc2n1. The quantitative estimate of drug-likeness (QED) is 0.155. The van der Waals surface area contributed by atoms with Crippen molar-refractivity contribution < 1.29 is 27.2 Å². The van der Waals surface area contributed by atoms with E-state index in [9.17, 15) is 27.2 Å². The van der Waals surface area contributed by atoms with E-state index in [-0.39, 0.29) is 18.0 Å². The van der Waals surface area contributed by atoms with Gasteiger partial charge in [0.25, 0.3) is 5.91 Å². The Balaban J connectivity index is 1.11. The molecule has 2 heterocycles. The van der Waals surface area contributed by atoms with Gasteiger partial charge in [0.05, 0.1) is 28.9 Å². The number of amides is 2. The fourth-order valence-corrected chi connectivity index (χ4v) is 6.20. The number of aryl methyl sites for hydroxylation is 1. The monoisotopic (exact) mass is 645 g/mol. The lowest BCUT2D eigenvalue weighted by atomic mass is 9.77. The Labute approximate surface area is 267 Å². The topological polar surface area (TPSA) is 126 Å². The molecule has 0 saturated heterocycles. The summed E-state index contributed by atoms with van der Waals surface area (Å²) >= 11 is 0. The van der Waals surface area contributed by atoms with Gasteiger partial charge in [-0.15, -0.1) is 5.10 Å². The molecule has 0 aliphatic heterocycles. The summed E-state index contributed by atoms with van der Waals surface area (Å²) in [6, 6.07) is 17.4. The third-order valence-corrected chi connectivity index (χ3v) is 8.60. The number of hydrogen-bond donors (Lipinski definition) is 3. The molecule has 0 atom stereocenters. The maximum absolute atomic E-state index is 13.6. The van der Waals surface area contributed by atoms with Gasteiger partial charge in [-0.25, -0.2) is 9.49 Å². The molecule has 0 radical (unpaired) electrons. The number of alkyl halides is 3. The first kappa shape index (κ1) is 31.8. The molecule has 0 unspecified atom stereocenters. The van der Waals surface area contributed by atoms with E-state index in [0.717, 1.165) is 48.9 Å². The van der Waals surface area contributed by atoms with Crippen LogP contribution in [0.15, 0.2) is 66.7 Å². The van der Waals surface area contributed by atoms with Gasteiger partial charge in [0, 0.05) is 17.5 Å². The molecule has 0 bridgehead atoms. The zero-order valence-electron chi connectivity index (χ0n) is 25.4. The summed E-state index contributed by atoms with van der Waals surface area (Å²) in [4.78, 5) is 30.1. The van der Waals surface area contributed by atoms with E-state index in [1.54, 1.807) is 13.0 Å². The minimum atomic E-state index is -4.85. The molecule has 1 aliphatic carbocycles. The number of fused-ring (bicyclic) bond motifs is 1. The number of carbonyl (C=O) groups is 2. The number of H-pyrrole nitrogens is 1. The van der Waals surface area contributed by atoms with Crippen molar-refractivity contribution in [2.45, 2.75) is 57.7 Å². The second-order valence-electron chi connectivity index (χ2n) is 11.9. The van der Waals surface area contributed by atoms with Crippen molar-refractivity contribution in [3.05, 3.63) is 101 Å². The van der Waals surface area contributed by atoms with Crippen LogP contribution in [0, 0.1) is 18.7 Å². The van der Waals surface area contributed by atoms with E-state index < -0.39 is 29.2 Å². The lowest BCUT2D eigenvalue weighted by molar-refractivity contribution is -0.137. The average Bonchev–Trinajstić information content (AvgIpc) is 3.58. The first-order valence-electron chi connectivity index (χ1n) is 15.2. The Morgan fingerprint density at radius 3 is 2.38 bits per heavy atom. The Bertz CT molecular complexity index is 1900. The Kier molecular flexibility index (Phi) is 8.97. The number of nitrogens with one attached hydrogen (secondary N) is 3. The van der Waals surface area contributed by atoms with Crippen LogP contribution in [0.25, 0.3) is 22.0 Å². The summed E-state index contributed by atoms with van der Waals surface area (Å²) in [6.45, 7) is 1.98. The first-order valence-corrected chi connectivity index (χ1v) is 15.2. The van der Waals surface area contributed by atoms with Crippen molar-refractivity contribution in [3.8, 4) is 11.1 Å². The molecule has 6 rings (SSSR count). The van der Waals surface area contributed by atoms with Crippen molar-refractivity contribution in [1.29, 1.82) is 0 Å². The highest BCUT2D eigenvalue weighted by atomic mass is 19.4. The molecule has 2 amide bonds. The molecular weight excluding hydrogens is 614 g/mol. The van der Waals surface area contributed by atoms with E-state index in [1.807, 2.05) is 24.3 Å². The maximum Gasteiger partial charge on any atom is 0.418 e. The number of rotatable bonds is 8. The fraction of sp³-hybridized carbons (Fsp3) is 0.294. The molecule has 1 aliphatic rings. The number of pyridine rings is 1. The van der Waals surface area contributed by atoms with Crippen LogP contribution in [0.2, 0.25) is 0 Å². The number of aromatic nitrogens is 5. The van der Waals surface area contributed by atoms with E-state index in [0.29, 0.717) is 46.7 Å². The van der Waals surface area contributed by atoms with Crippen molar-refractivity contribution >= 4 is 28.4 Å². The second-order valence-corrected chi connectivity index (χ2v) is 11.9. The number of hydrogen-bond acceptors (Lipinski definition) is 6. The predicted molar refractivity (Wildman–Crippen MR) is 167 cm³/mol. The van der Waals surface area contributed by atoms with Gasteiger partial charge < -0.3 is 10.6 Å². The summed E-state index contributed by atoms with van der Waals surface area (Å²) in [7, 11) is 0. The summed E-state index contributed by atoms with van der Waals surface area (Å²) in [6.07, 6.45) is -0.443. The van der Waals surface area contributed by atoms with Crippen molar-refractivity contribution in [2.75, 3.05) is 5.32 Å². The lowest BCUT2D eigenvalue weighted by Gasteiger charge is -2.28. The van der Waals surface area contributed by atoms with Crippen LogP contribution in [0.4, 0.5) is 23.2 Å². The van der Waals surface area contributed by atoms with E-state index in [4.69, 9.17) is 0 Å². The summed E-state index contributed by atoms with van der Waals surface area (Å²) in [5.41, 5.74) is 2.48. The van der Waals surface area contributed by atoms with Crippen LogP contribution < -0.4 is 10.6 Å². The van der Waals surface area contributed by atoms with Gasteiger partial charge in [-0.05, 0) is 102 Å². The summed E-state index contributed by atoms with van der Waals surface area (Å²) in [5, 5.41) is 19.0. The van der Waals surface area contributed by atoms with Crippen LogP contribution in [-0.2, 0) is 17.5 Å². The van der Waals surface area contributed by atoms with Gasteiger partial charge in [0.1, 0.15) is 5.82 Å². The minimum Gasteiger partial charge on any atom is -0.349 e. The van der Waals surface area contributed by atoms with E-state index >= 15 is 0 Å². The number of anilines is 1. The molecule has 0 spiro atoms. The molecule has 242 valence electrons. The molecule has 9 nitrogen and oxygen atoms in total. The second kappa shape index (κ2) is 13.3. The molecule has 1 fully saturated rings. The van der Waals surface area contributed by atoms with Crippen molar-refractivity contribution in [2.24, 2.45) is 5.92 Å². The lowest BCUT2D eigenvalue weighted by Crippen LogP contribution is -2.27. The van der Waals surface area contributed by atoms with E-state index in [2.05, 4.69) is 48.4 Å². The van der Waals surface area contributed by atoms with Gasteiger partial charge in [-0.1, -0.05) is 36.4 Å². The number of carbonyl (C=O) groups excluding carboxylic acids is 2. The largest absolute Gasteiger partial charge is 0.418 e. The number of nitrogens with zero attached hydrogens (tertiary/aromatic N) is 4. The molecule has 2 aromatic heterocycles. The van der Waals surface area contributed by atoms with Crippen molar-refractivity contribution in [1.82, 2.24) is 30.9 Å². The van der Waals surface area contributed by atoms with Crippen molar-refractivity contribution in [3.63, 3.8) is 0 Å². The van der Waals surface area contributed by atoms with Crippen LogP contribution in [0.1, 0.15) is 71.0 Å². The van der Waals surface area contributed by atoms with Gasteiger partial charge in [-0.3, -0.25) is 14.6 Å². The smallest absolute Gasteiger partial charge is 0.349 e. The molecule has 1 saturated carbocycles. The number of halogens is 4. The number of benzene rings is 3. The zero-order valence-corrected chi connectivity index (χ0v) is 25.4. The molecular formula is C34H31F4N7O2. The highest BCUT2D eigenvalue weighted by Gasteiger charge is 2.34. The highest BCUT2D eigenvalue weighted by Crippen LogP contribution is 2.38. The summed E-state index contributed by atoms with van der Waals surface area (Å²) in [5.74, 6) is -0.558. The highest BCUT2D eigenvalue weighted by molar-refractivity contribution is 6.13. The first-order chi connectivity index (χ1) is 22.5. The molecule has 3 aromatic carbocycles. The normalized spacial score (nSPS) is 16.6. The summed E-state index contributed by atoms with van der Waals surface area (Å²) < 4.78 is 54.1. The minimum absolute atomic E-state index is 0.00880. The van der Waals surface area contributed by atoms with Gasteiger partial charge >= 0.3 is 6.18 Å². The maximum atomic E-state index is 13.6. The molecule has 3 N–H and O–H groups in total. The standard InChI is InChI=1S/C34H31F4N7O2/c1-19-14-27(33(47)41-29-13-11-25(35)17-28(29)34(36,37)38)26-12-10-24(16-30(26)40-19)23-8-6-22(7-9-23)21-4-2-20(3-5-21)15-32(46)39-18-31-42-44-45-43-31/h6-14,16-17,20-21H,2-5,15,18H2,1H3,(H,39,46)(H,41,47)(H,42,43,44,45). The third-order valence-electron chi connectivity index (χ3n) is 8.60. The fourth-order valence-electron chi connectivity index (χ4n) is 6.20. The van der Waals surface area contributed by atoms with Crippen LogP contribution >= 0.6 is 0 Å². The molecule has 47 heavy (non-hydrogen) atoms. The Morgan fingerprint density at radius 1 is 0.936 bits per heavy atom. The van der Waals surface area contributed by atoms with Crippen LogP contribution in [0.3, 0.4) is 0 Å². The third kappa shape index (κ3) is 7.45. The molecule has 5 aromatic rings. The molecule has 13 heteroatoms. The van der Waals surface area contributed by atoms with Gasteiger partial charge in [-0.2, -0.15) is 13.2 Å². The Morgan fingerprint density at radius 2 is 1.68 bits per heavy atom. The van der Waals surface area contributed by atoms with Gasteiger partial charge in [0.15, 0.2) is 5.82 Å². The van der Waals surface area contributed by atoms with E-state index in [1.165, 1.54) is 11.6 Å². The predicted octanol–water partition coefficient (Wildman–Crippen LogP) is 7.11. The number of aromatic amines is 1. The number of tetrazole rings is 1.